The highest BCUT2D eigenvalue weighted by atomic mass is 35.5. The Kier molecular flexibility index (Phi) is 7.12. The molecule has 5 rings (SSSR count). The molecule has 13 heteroatoms. The van der Waals surface area contributed by atoms with Crippen LogP contribution in [0.1, 0.15) is 45.4 Å². The van der Waals surface area contributed by atoms with Crippen molar-refractivity contribution in [1.29, 1.82) is 21.3 Å². The highest BCUT2D eigenvalue weighted by Crippen LogP contribution is 2.49. The Hall–Kier alpha value is -2.77. The van der Waals surface area contributed by atoms with E-state index in [1.54, 1.807) is 4.40 Å². The van der Waals surface area contributed by atoms with Crippen molar-refractivity contribution in [2.24, 2.45) is 11.3 Å². The van der Waals surface area contributed by atoms with Gasteiger partial charge in [-0.25, -0.2) is 9.71 Å². The summed E-state index contributed by atoms with van der Waals surface area (Å²) in [6.07, 6.45) is 4.70. The number of rotatable bonds is 7. The average molecular weight is 570 g/mol. The van der Waals surface area contributed by atoms with Crippen LogP contribution in [0.5, 0.6) is 0 Å². The minimum absolute atomic E-state index is 0.0440. The van der Waals surface area contributed by atoms with E-state index in [1.165, 1.54) is 11.9 Å². The van der Waals surface area contributed by atoms with Gasteiger partial charge in [0.25, 0.3) is 0 Å². The van der Waals surface area contributed by atoms with Crippen LogP contribution in [0.2, 0.25) is 5.15 Å². The molecular formula is C25H28ClN9OS2. The number of piperazine rings is 1. The van der Waals surface area contributed by atoms with Crippen LogP contribution >= 0.6 is 35.3 Å². The molecule has 1 aliphatic heterocycles. The molecule has 2 saturated carbocycles. The van der Waals surface area contributed by atoms with Crippen LogP contribution in [0.4, 0.5) is 5.69 Å². The summed E-state index contributed by atoms with van der Waals surface area (Å²) in [6.45, 7) is 6.23. The van der Waals surface area contributed by atoms with E-state index >= 15 is 0 Å². The van der Waals surface area contributed by atoms with Crippen molar-refractivity contribution in [1.82, 2.24) is 19.0 Å². The number of nitriles is 2. The Morgan fingerprint density at radius 3 is 2.39 bits per heavy atom. The van der Waals surface area contributed by atoms with Gasteiger partial charge in [-0.15, -0.1) is 0 Å². The van der Waals surface area contributed by atoms with E-state index in [9.17, 15) is 15.3 Å². The second kappa shape index (κ2) is 10.1. The van der Waals surface area contributed by atoms with Crippen molar-refractivity contribution in [2.75, 3.05) is 31.1 Å². The van der Waals surface area contributed by atoms with Gasteiger partial charge in [0, 0.05) is 43.2 Å². The summed E-state index contributed by atoms with van der Waals surface area (Å²) < 4.78 is 5.05. The third-order valence-corrected chi connectivity index (χ3v) is 9.40. The van der Waals surface area contributed by atoms with Crippen molar-refractivity contribution in [3.05, 3.63) is 23.2 Å². The second-order valence-electron chi connectivity index (χ2n) is 10.3. The number of hydrogen-bond donors (Lipinski definition) is 3. The Morgan fingerprint density at radius 1 is 1.16 bits per heavy atom. The zero-order valence-electron chi connectivity index (χ0n) is 21.2. The first-order valence-electron chi connectivity index (χ1n) is 12.5. The van der Waals surface area contributed by atoms with E-state index in [4.69, 9.17) is 22.4 Å². The molecule has 0 unspecified atom stereocenters. The molecule has 3 heterocycles. The fraction of sp³-hybridized carbons (Fsp3) is 0.520. The zero-order valence-corrected chi connectivity index (χ0v) is 23.6. The van der Waals surface area contributed by atoms with Gasteiger partial charge in [0.2, 0.25) is 5.91 Å². The van der Waals surface area contributed by atoms with Crippen LogP contribution in [0.25, 0.3) is 5.52 Å². The van der Waals surface area contributed by atoms with Gasteiger partial charge in [0.05, 0.1) is 22.9 Å². The number of hydrogen-bond acceptors (Lipinski definition) is 10. The maximum absolute atomic E-state index is 12.5. The molecule has 1 amide bonds. The van der Waals surface area contributed by atoms with Crippen molar-refractivity contribution in [3.63, 3.8) is 0 Å². The van der Waals surface area contributed by atoms with Gasteiger partial charge in [0.15, 0.2) is 11.0 Å². The van der Waals surface area contributed by atoms with Crippen molar-refractivity contribution in [3.8, 4) is 12.1 Å². The van der Waals surface area contributed by atoms with Crippen molar-refractivity contribution < 1.29 is 4.79 Å². The molecule has 10 nitrogen and oxygen atoms in total. The molecular weight excluding hydrogens is 542 g/mol. The van der Waals surface area contributed by atoms with E-state index in [1.807, 2.05) is 31.0 Å². The molecule has 1 saturated heterocycles. The van der Waals surface area contributed by atoms with Crippen molar-refractivity contribution in [2.45, 2.75) is 50.0 Å². The number of carbonyl (C=O) groups is 1. The number of pyridine rings is 1. The Bertz CT molecular complexity index is 1410. The van der Waals surface area contributed by atoms with Gasteiger partial charge in [-0.1, -0.05) is 37.2 Å². The van der Waals surface area contributed by atoms with Gasteiger partial charge in [-0.3, -0.25) is 20.0 Å². The minimum Gasteiger partial charge on any atom is -0.366 e. The first-order chi connectivity index (χ1) is 18.1. The van der Waals surface area contributed by atoms with Gasteiger partial charge in [-0.2, -0.15) is 10.5 Å². The summed E-state index contributed by atoms with van der Waals surface area (Å²) in [6, 6.07) is 6.55. The monoisotopic (exact) mass is 569 g/mol. The fourth-order valence-corrected chi connectivity index (χ4v) is 6.44. The van der Waals surface area contributed by atoms with Crippen LogP contribution in [-0.2, 0) is 4.79 Å². The summed E-state index contributed by atoms with van der Waals surface area (Å²) >= 11 is 8.97. The predicted octanol–water partition coefficient (Wildman–Crippen LogP) is 4.28. The van der Waals surface area contributed by atoms with E-state index in [2.05, 4.69) is 26.7 Å². The van der Waals surface area contributed by atoms with E-state index in [-0.39, 0.29) is 27.1 Å². The molecule has 0 radical (unpaired) electrons. The first-order valence-corrected chi connectivity index (χ1v) is 14.5. The van der Waals surface area contributed by atoms with Crippen LogP contribution in [-0.4, -0.2) is 62.0 Å². The molecule has 0 spiro atoms. The Morgan fingerprint density at radius 2 is 1.84 bits per heavy atom. The van der Waals surface area contributed by atoms with Crippen LogP contribution in [0.3, 0.4) is 0 Å². The quantitative estimate of drug-likeness (QED) is 0.254. The SMILES string of the molecule is CC(C)C(=O)N1CCN(c2cc(SNC3(C#N)CC3)cn3c(C(=N)SC(=N)C4(C#N)CC4)nc(Cl)c23)CC1. The van der Waals surface area contributed by atoms with E-state index < -0.39 is 11.0 Å². The lowest BCUT2D eigenvalue weighted by Gasteiger charge is -2.37. The maximum atomic E-state index is 12.5. The lowest BCUT2D eigenvalue weighted by molar-refractivity contribution is -0.134. The van der Waals surface area contributed by atoms with Crippen molar-refractivity contribution >= 4 is 62.5 Å². The summed E-state index contributed by atoms with van der Waals surface area (Å²) in [7, 11) is 0. The topological polar surface area (TPSA) is 148 Å². The molecule has 2 aromatic heterocycles. The summed E-state index contributed by atoms with van der Waals surface area (Å²) in [4.78, 5) is 21.9. The maximum Gasteiger partial charge on any atom is 0.225 e. The Labute approximate surface area is 234 Å². The number of anilines is 1. The van der Waals surface area contributed by atoms with Gasteiger partial charge in [-0.05, 0) is 43.7 Å². The molecule has 0 atom stereocenters. The molecule has 3 aliphatic rings. The van der Waals surface area contributed by atoms with Crippen LogP contribution in [0, 0.1) is 44.8 Å². The normalized spacial score (nSPS) is 19.2. The highest BCUT2D eigenvalue weighted by Gasteiger charge is 2.48. The smallest absolute Gasteiger partial charge is 0.225 e. The molecule has 198 valence electrons. The minimum atomic E-state index is -0.785. The molecule has 2 aromatic rings. The van der Waals surface area contributed by atoms with E-state index in [0.29, 0.717) is 50.4 Å². The summed E-state index contributed by atoms with van der Waals surface area (Å²) in [5, 5.41) is 36.5. The molecule has 2 aliphatic carbocycles. The number of halogens is 1. The summed E-state index contributed by atoms with van der Waals surface area (Å²) in [5.74, 6) is 0.379. The molecule has 38 heavy (non-hydrogen) atoms. The number of fused-ring (bicyclic) bond motifs is 1. The first kappa shape index (κ1) is 26.8. The van der Waals surface area contributed by atoms with Crippen LogP contribution < -0.4 is 9.62 Å². The summed E-state index contributed by atoms with van der Waals surface area (Å²) in [5.41, 5.74) is 0.176. The predicted molar refractivity (Wildman–Crippen MR) is 150 cm³/mol. The lowest BCUT2D eigenvalue weighted by atomic mass is 10.1. The third-order valence-electron chi connectivity index (χ3n) is 7.21. The third kappa shape index (κ3) is 4.98. The largest absolute Gasteiger partial charge is 0.366 e. The van der Waals surface area contributed by atoms with Crippen LogP contribution in [0.15, 0.2) is 17.2 Å². The Balaban J connectivity index is 1.48. The highest BCUT2D eigenvalue weighted by molar-refractivity contribution is 8.26. The number of aromatic nitrogens is 2. The van der Waals surface area contributed by atoms with Gasteiger partial charge in [0.1, 0.15) is 21.5 Å². The van der Waals surface area contributed by atoms with Gasteiger partial charge >= 0.3 is 0 Å². The average Bonchev–Trinajstić information content (AvgIpc) is 3.84. The number of thioether (sulfide) groups is 1. The zero-order chi connectivity index (χ0) is 27.2. The number of carbonyl (C=O) groups excluding carboxylic acids is 1. The molecule has 3 fully saturated rings. The number of imidazole rings is 1. The number of nitrogens with one attached hydrogen (secondary N) is 3. The number of nitrogens with zero attached hydrogens (tertiary/aromatic N) is 6. The fourth-order valence-electron chi connectivity index (χ4n) is 4.40. The lowest BCUT2D eigenvalue weighted by Crippen LogP contribution is -2.50. The number of amides is 1. The molecule has 0 aromatic carbocycles. The second-order valence-corrected chi connectivity index (χ2v) is 12.6. The molecule has 3 N–H and O–H groups in total. The standard InChI is InChI=1S/C25H28ClN9OS2/c1-15(2)22(36)34-9-7-33(8-10-34)17-11-16(38-32-25(14-28)5-6-25)12-35-18(17)19(26)31-21(35)20(29)37-23(30)24(13-27)3-4-24/h11-12,15,29-30,32H,3-10H2,1-2H3. The van der Waals surface area contributed by atoms with E-state index in [0.717, 1.165) is 35.2 Å². The molecule has 0 bridgehead atoms. The van der Waals surface area contributed by atoms with Gasteiger partial charge < -0.3 is 9.80 Å².